The average Bonchev–Trinajstić information content (AvgIpc) is 2.54. The Hall–Kier alpha value is -2.62. The van der Waals surface area contributed by atoms with Crippen LogP contribution in [0.25, 0.3) is 0 Å². The van der Waals surface area contributed by atoms with E-state index in [0.717, 1.165) is 16.7 Å². The number of hydrogen-bond donors (Lipinski definition) is 0. The van der Waals surface area contributed by atoms with Gasteiger partial charge < -0.3 is 9.47 Å². The van der Waals surface area contributed by atoms with Crippen LogP contribution in [0.1, 0.15) is 30.0 Å². The number of benzene rings is 2. The molecule has 2 aromatic carbocycles. The molecule has 0 N–H and O–H groups in total. The molecule has 0 bridgehead atoms. The van der Waals surface area contributed by atoms with Crippen molar-refractivity contribution in [3.63, 3.8) is 0 Å². The second-order valence-electron chi connectivity index (χ2n) is 5.23. The summed E-state index contributed by atoms with van der Waals surface area (Å²) in [6, 6.07) is 15.6. The third-order valence-corrected chi connectivity index (χ3v) is 3.53. The molecule has 0 saturated heterocycles. The highest BCUT2D eigenvalue weighted by molar-refractivity contribution is 5.71. The Morgan fingerprint density at radius 2 is 1.74 bits per heavy atom. The Morgan fingerprint density at radius 1 is 1.00 bits per heavy atom. The van der Waals surface area contributed by atoms with Gasteiger partial charge in [-0.2, -0.15) is 0 Å². The van der Waals surface area contributed by atoms with Gasteiger partial charge in [0.05, 0.1) is 7.11 Å². The Labute approximate surface area is 136 Å². The molecule has 23 heavy (non-hydrogen) atoms. The topological polar surface area (TPSA) is 52.6 Å². The summed E-state index contributed by atoms with van der Waals surface area (Å²) >= 11 is 0. The van der Waals surface area contributed by atoms with Gasteiger partial charge in [0, 0.05) is 13.3 Å². The van der Waals surface area contributed by atoms with Gasteiger partial charge in [-0.05, 0) is 35.6 Å². The first kappa shape index (κ1) is 16.7. The van der Waals surface area contributed by atoms with Crippen LogP contribution < -0.4 is 4.74 Å². The minimum Gasteiger partial charge on any atom is -0.469 e. The molecular formula is C19H20O4. The van der Waals surface area contributed by atoms with Gasteiger partial charge in [-0.25, -0.2) is 0 Å². The first-order chi connectivity index (χ1) is 11.1. The van der Waals surface area contributed by atoms with Crippen LogP contribution >= 0.6 is 0 Å². The molecule has 120 valence electrons. The molecule has 2 aromatic rings. The van der Waals surface area contributed by atoms with Crippen molar-refractivity contribution in [1.29, 1.82) is 0 Å². The minimum atomic E-state index is -0.374. The van der Waals surface area contributed by atoms with Crippen molar-refractivity contribution >= 4 is 11.9 Å². The molecule has 0 aliphatic heterocycles. The summed E-state index contributed by atoms with van der Waals surface area (Å²) in [5, 5.41) is 0. The zero-order valence-electron chi connectivity index (χ0n) is 13.4. The fraction of sp³-hybridized carbons (Fsp3) is 0.263. The van der Waals surface area contributed by atoms with Crippen LogP contribution in [0, 0.1) is 0 Å². The van der Waals surface area contributed by atoms with Crippen molar-refractivity contribution in [3.05, 3.63) is 65.2 Å². The van der Waals surface area contributed by atoms with E-state index in [1.165, 1.54) is 14.0 Å². The van der Waals surface area contributed by atoms with Crippen LogP contribution in [0.4, 0.5) is 0 Å². The monoisotopic (exact) mass is 312 g/mol. The normalized spacial score (nSPS) is 10.2. The average molecular weight is 312 g/mol. The molecule has 0 aliphatic rings. The molecule has 0 heterocycles. The number of hydrogen-bond acceptors (Lipinski definition) is 4. The van der Waals surface area contributed by atoms with Gasteiger partial charge >= 0.3 is 11.9 Å². The van der Waals surface area contributed by atoms with E-state index in [1.54, 1.807) is 6.07 Å². The van der Waals surface area contributed by atoms with E-state index in [9.17, 15) is 9.59 Å². The van der Waals surface area contributed by atoms with E-state index in [4.69, 9.17) is 9.47 Å². The molecular weight excluding hydrogens is 292 g/mol. The van der Waals surface area contributed by atoms with Crippen molar-refractivity contribution < 1.29 is 19.1 Å². The second-order valence-corrected chi connectivity index (χ2v) is 5.23. The number of carbonyl (C=O) groups is 2. The van der Waals surface area contributed by atoms with Crippen LogP contribution in [0.15, 0.2) is 48.5 Å². The Kier molecular flexibility index (Phi) is 5.92. The molecule has 4 heteroatoms. The third kappa shape index (κ3) is 4.95. The minimum absolute atomic E-state index is 0.247. The maximum Gasteiger partial charge on any atom is 0.308 e. The Morgan fingerprint density at radius 3 is 2.39 bits per heavy atom. The van der Waals surface area contributed by atoms with Crippen LogP contribution in [0.2, 0.25) is 0 Å². The quantitative estimate of drug-likeness (QED) is 0.606. The van der Waals surface area contributed by atoms with Gasteiger partial charge in [0.1, 0.15) is 5.75 Å². The number of esters is 2. The summed E-state index contributed by atoms with van der Waals surface area (Å²) in [7, 11) is 1.37. The van der Waals surface area contributed by atoms with Crippen molar-refractivity contribution in [1.82, 2.24) is 0 Å². The number of ether oxygens (including phenoxy) is 2. The SMILES string of the molecule is COC(=O)CCc1c(Cc2ccccc2)cccc1OC(C)=O. The van der Waals surface area contributed by atoms with Crippen LogP contribution in [-0.4, -0.2) is 19.0 Å². The number of rotatable bonds is 6. The van der Waals surface area contributed by atoms with Gasteiger partial charge in [-0.1, -0.05) is 42.5 Å². The standard InChI is InChI=1S/C19H20O4/c1-14(20)23-18-10-6-9-16(13-15-7-4-3-5-8-15)17(18)11-12-19(21)22-2/h3-10H,11-13H2,1-2H3. The highest BCUT2D eigenvalue weighted by Crippen LogP contribution is 2.26. The molecule has 0 amide bonds. The lowest BCUT2D eigenvalue weighted by molar-refractivity contribution is -0.140. The van der Waals surface area contributed by atoms with Crippen LogP contribution in [0.5, 0.6) is 5.75 Å². The van der Waals surface area contributed by atoms with Crippen molar-refractivity contribution in [2.75, 3.05) is 7.11 Å². The molecule has 0 spiro atoms. The van der Waals surface area contributed by atoms with E-state index < -0.39 is 0 Å². The number of carbonyl (C=O) groups excluding carboxylic acids is 2. The van der Waals surface area contributed by atoms with E-state index in [2.05, 4.69) is 0 Å². The summed E-state index contributed by atoms with van der Waals surface area (Å²) in [5.74, 6) is -0.149. The molecule has 4 nitrogen and oxygen atoms in total. The fourth-order valence-corrected chi connectivity index (χ4v) is 2.46. The Bertz CT molecular complexity index is 677. The van der Waals surface area contributed by atoms with Crippen molar-refractivity contribution in [2.45, 2.75) is 26.2 Å². The lowest BCUT2D eigenvalue weighted by Crippen LogP contribution is -2.09. The maximum absolute atomic E-state index is 11.5. The van der Waals surface area contributed by atoms with Gasteiger partial charge in [0.15, 0.2) is 0 Å². The van der Waals surface area contributed by atoms with Gasteiger partial charge in [-0.15, -0.1) is 0 Å². The van der Waals surface area contributed by atoms with Crippen LogP contribution in [-0.2, 0) is 27.2 Å². The second kappa shape index (κ2) is 8.13. The van der Waals surface area contributed by atoms with E-state index in [0.29, 0.717) is 18.6 Å². The van der Waals surface area contributed by atoms with Crippen molar-refractivity contribution in [2.24, 2.45) is 0 Å². The molecule has 0 fully saturated rings. The molecule has 2 rings (SSSR count). The maximum atomic E-state index is 11.5. The van der Waals surface area contributed by atoms with Gasteiger partial charge in [0.25, 0.3) is 0 Å². The van der Waals surface area contributed by atoms with E-state index in [-0.39, 0.29) is 18.4 Å². The summed E-state index contributed by atoms with van der Waals surface area (Å²) in [4.78, 5) is 22.8. The lowest BCUT2D eigenvalue weighted by atomic mass is 9.96. The Balaban J connectivity index is 2.31. The summed E-state index contributed by atoms with van der Waals surface area (Å²) in [5.41, 5.74) is 3.07. The zero-order valence-corrected chi connectivity index (χ0v) is 13.4. The molecule has 0 aliphatic carbocycles. The van der Waals surface area contributed by atoms with Crippen molar-refractivity contribution in [3.8, 4) is 5.75 Å². The van der Waals surface area contributed by atoms with E-state index >= 15 is 0 Å². The molecule has 0 aromatic heterocycles. The molecule has 0 atom stereocenters. The fourth-order valence-electron chi connectivity index (χ4n) is 2.46. The zero-order chi connectivity index (χ0) is 16.7. The predicted octanol–water partition coefficient (Wildman–Crippen LogP) is 3.31. The largest absolute Gasteiger partial charge is 0.469 e. The molecule has 0 unspecified atom stereocenters. The van der Waals surface area contributed by atoms with Crippen LogP contribution in [0.3, 0.4) is 0 Å². The van der Waals surface area contributed by atoms with Gasteiger partial charge in [-0.3, -0.25) is 9.59 Å². The highest BCUT2D eigenvalue weighted by atomic mass is 16.5. The molecule has 0 radical (unpaired) electrons. The smallest absolute Gasteiger partial charge is 0.308 e. The first-order valence-corrected chi connectivity index (χ1v) is 7.50. The van der Waals surface area contributed by atoms with Gasteiger partial charge in [0.2, 0.25) is 0 Å². The summed E-state index contributed by atoms with van der Waals surface area (Å²) in [6.07, 6.45) is 1.43. The lowest BCUT2D eigenvalue weighted by Gasteiger charge is -2.14. The third-order valence-electron chi connectivity index (χ3n) is 3.53. The summed E-state index contributed by atoms with van der Waals surface area (Å²) < 4.78 is 10.0. The molecule has 0 saturated carbocycles. The summed E-state index contributed by atoms with van der Waals surface area (Å²) in [6.45, 7) is 1.37. The predicted molar refractivity (Wildman–Crippen MR) is 87.3 cm³/mol. The number of methoxy groups -OCH3 is 1. The van der Waals surface area contributed by atoms with E-state index in [1.807, 2.05) is 42.5 Å². The highest BCUT2D eigenvalue weighted by Gasteiger charge is 2.14. The first-order valence-electron chi connectivity index (χ1n) is 7.50.